The summed E-state index contributed by atoms with van der Waals surface area (Å²) in [6.07, 6.45) is 6.34. The monoisotopic (exact) mass is 405 g/mol. The van der Waals surface area contributed by atoms with Gasteiger partial charge in [0.2, 0.25) is 11.8 Å². The van der Waals surface area contributed by atoms with Gasteiger partial charge in [-0.15, -0.1) is 0 Å². The first-order chi connectivity index (χ1) is 14.6. The Morgan fingerprint density at radius 3 is 2.70 bits per heavy atom. The molecule has 5 nitrogen and oxygen atoms in total. The third-order valence-electron chi connectivity index (χ3n) is 6.29. The first-order valence-corrected chi connectivity index (χ1v) is 11.0. The SMILES string of the molecule is CN1C[C@H](NC(=O)CCCc2ccccc2)C[C@H]1C(=O)Nc1ccc2c(c1)CCC2. The van der Waals surface area contributed by atoms with Gasteiger partial charge in [-0.1, -0.05) is 36.4 Å². The highest BCUT2D eigenvalue weighted by Gasteiger charge is 2.35. The number of hydrogen-bond donors (Lipinski definition) is 2. The number of benzene rings is 2. The quantitative estimate of drug-likeness (QED) is 0.743. The van der Waals surface area contributed by atoms with Crippen molar-refractivity contribution in [3.05, 3.63) is 65.2 Å². The molecule has 0 saturated carbocycles. The van der Waals surface area contributed by atoms with E-state index in [0.717, 1.165) is 31.4 Å². The van der Waals surface area contributed by atoms with Crippen LogP contribution in [0.2, 0.25) is 0 Å². The molecule has 0 bridgehead atoms. The van der Waals surface area contributed by atoms with Crippen molar-refractivity contribution in [2.24, 2.45) is 0 Å². The minimum absolute atomic E-state index is 0.0104. The molecular weight excluding hydrogens is 374 g/mol. The second-order valence-electron chi connectivity index (χ2n) is 8.62. The molecule has 158 valence electrons. The van der Waals surface area contributed by atoms with Gasteiger partial charge in [-0.25, -0.2) is 0 Å². The van der Waals surface area contributed by atoms with E-state index in [1.54, 1.807) is 0 Å². The molecule has 30 heavy (non-hydrogen) atoms. The first-order valence-electron chi connectivity index (χ1n) is 11.0. The Bertz CT molecular complexity index is 897. The van der Waals surface area contributed by atoms with E-state index in [1.165, 1.54) is 23.1 Å². The number of fused-ring (bicyclic) bond motifs is 1. The minimum atomic E-state index is -0.215. The molecule has 0 spiro atoms. The number of nitrogens with one attached hydrogen (secondary N) is 2. The van der Waals surface area contributed by atoms with E-state index in [9.17, 15) is 9.59 Å². The van der Waals surface area contributed by atoms with Crippen LogP contribution in [0.25, 0.3) is 0 Å². The number of anilines is 1. The summed E-state index contributed by atoms with van der Waals surface area (Å²) in [5.41, 5.74) is 4.89. The van der Waals surface area contributed by atoms with Gasteiger partial charge in [0.05, 0.1) is 6.04 Å². The fourth-order valence-electron chi connectivity index (χ4n) is 4.68. The Morgan fingerprint density at radius 2 is 1.87 bits per heavy atom. The summed E-state index contributed by atoms with van der Waals surface area (Å²) in [7, 11) is 1.95. The highest BCUT2D eigenvalue weighted by atomic mass is 16.2. The van der Waals surface area contributed by atoms with Crippen LogP contribution in [0.15, 0.2) is 48.5 Å². The van der Waals surface area contributed by atoms with Crippen LogP contribution in [0.3, 0.4) is 0 Å². The maximum atomic E-state index is 12.8. The molecule has 2 aromatic carbocycles. The Kier molecular flexibility index (Phi) is 6.48. The van der Waals surface area contributed by atoms with Gasteiger partial charge in [0.15, 0.2) is 0 Å². The Hall–Kier alpha value is -2.66. The molecule has 0 radical (unpaired) electrons. The lowest BCUT2D eigenvalue weighted by molar-refractivity contribution is -0.122. The van der Waals surface area contributed by atoms with E-state index in [2.05, 4.69) is 34.9 Å². The lowest BCUT2D eigenvalue weighted by Gasteiger charge is -2.18. The van der Waals surface area contributed by atoms with E-state index >= 15 is 0 Å². The van der Waals surface area contributed by atoms with Crippen molar-refractivity contribution in [2.45, 2.75) is 57.0 Å². The van der Waals surface area contributed by atoms with E-state index < -0.39 is 0 Å². The zero-order valence-corrected chi connectivity index (χ0v) is 17.7. The summed E-state index contributed by atoms with van der Waals surface area (Å²) in [4.78, 5) is 27.2. The molecule has 0 aromatic heterocycles. The molecule has 2 amide bonds. The Labute approximate surface area is 178 Å². The number of hydrogen-bond acceptors (Lipinski definition) is 3. The second-order valence-corrected chi connectivity index (χ2v) is 8.62. The van der Waals surface area contributed by atoms with Crippen LogP contribution in [0.4, 0.5) is 5.69 Å². The van der Waals surface area contributed by atoms with Crippen molar-refractivity contribution in [1.29, 1.82) is 0 Å². The fraction of sp³-hybridized carbons (Fsp3) is 0.440. The summed E-state index contributed by atoms with van der Waals surface area (Å²) >= 11 is 0. The Balaban J connectivity index is 1.23. The first kappa shape index (κ1) is 20.6. The highest BCUT2D eigenvalue weighted by Crippen LogP contribution is 2.26. The maximum absolute atomic E-state index is 12.8. The van der Waals surface area contributed by atoms with Crippen molar-refractivity contribution in [1.82, 2.24) is 10.2 Å². The molecular formula is C25H31N3O2. The van der Waals surface area contributed by atoms with Crippen LogP contribution in [0, 0.1) is 0 Å². The zero-order valence-electron chi connectivity index (χ0n) is 17.7. The van der Waals surface area contributed by atoms with Crippen molar-refractivity contribution < 1.29 is 9.59 Å². The van der Waals surface area contributed by atoms with Crippen LogP contribution >= 0.6 is 0 Å². The van der Waals surface area contributed by atoms with Gasteiger partial charge in [-0.05, 0) is 74.4 Å². The van der Waals surface area contributed by atoms with Crippen molar-refractivity contribution >= 4 is 17.5 Å². The molecule has 2 aliphatic rings. The van der Waals surface area contributed by atoms with Crippen molar-refractivity contribution in [3.8, 4) is 0 Å². The number of carbonyl (C=O) groups is 2. The molecule has 4 rings (SSSR count). The van der Waals surface area contributed by atoms with E-state index in [-0.39, 0.29) is 23.9 Å². The number of amides is 2. The second kappa shape index (κ2) is 9.43. The van der Waals surface area contributed by atoms with Gasteiger partial charge in [0, 0.05) is 24.7 Å². The number of likely N-dealkylation sites (tertiary alicyclic amines) is 1. The van der Waals surface area contributed by atoms with Gasteiger partial charge in [-0.2, -0.15) is 0 Å². The average molecular weight is 406 g/mol. The lowest BCUT2D eigenvalue weighted by Crippen LogP contribution is -2.37. The summed E-state index contributed by atoms with van der Waals surface area (Å²) in [5, 5.41) is 6.19. The number of nitrogens with zero attached hydrogens (tertiary/aromatic N) is 1. The molecule has 1 fully saturated rings. The third kappa shape index (κ3) is 5.08. The minimum Gasteiger partial charge on any atom is -0.352 e. The van der Waals surface area contributed by atoms with Gasteiger partial charge in [-0.3, -0.25) is 14.5 Å². The van der Waals surface area contributed by atoms with Crippen LogP contribution in [-0.2, 0) is 28.9 Å². The van der Waals surface area contributed by atoms with Crippen molar-refractivity contribution in [2.75, 3.05) is 18.9 Å². The molecule has 2 N–H and O–H groups in total. The van der Waals surface area contributed by atoms with E-state index in [4.69, 9.17) is 0 Å². The van der Waals surface area contributed by atoms with Crippen LogP contribution in [-0.4, -0.2) is 42.4 Å². The number of carbonyl (C=O) groups excluding carboxylic acids is 2. The van der Waals surface area contributed by atoms with Crippen LogP contribution in [0.5, 0.6) is 0 Å². The smallest absolute Gasteiger partial charge is 0.241 e. The Morgan fingerprint density at radius 1 is 1.07 bits per heavy atom. The molecule has 1 saturated heterocycles. The highest BCUT2D eigenvalue weighted by molar-refractivity contribution is 5.95. The summed E-state index contributed by atoms with van der Waals surface area (Å²) in [6, 6.07) is 16.3. The predicted molar refractivity (Wildman–Crippen MR) is 119 cm³/mol. The van der Waals surface area contributed by atoms with Gasteiger partial charge >= 0.3 is 0 Å². The number of rotatable bonds is 7. The molecule has 1 heterocycles. The lowest BCUT2D eigenvalue weighted by atomic mass is 10.1. The average Bonchev–Trinajstić information content (AvgIpc) is 3.34. The largest absolute Gasteiger partial charge is 0.352 e. The third-order valence-corrected chi connectivity index (χ3v) is 6.29. The summed E-state index contributed by atoms with van der Waals surface area (Å²) < 4.78 is 0. The zero-order chi connectivity index (χ0) is 20.9. The van der Waals surface area contributed by atoms with Gasteiger partial charge < -0.3 is 10.6 Å². The number of likely N-dealkylation sites (N-methyl/N-ethyl adjacent to an activating group) is 1. The fourth-order valence-corrected chi connectivity index (χ4v) is 4.68. The van der Waals surface area contributed by atoms with Crippen molar-refractivity contribution in [3.63, 3.8) is 0 Å². The number of aryl methyl sites for hydroxylation is 3. The van der Waals surface area contributed by atoms with E-state index in [1.807, 2.05) is 36.2 Å². The molecule has 5 heteroatoms. The predicted octanol–water partition coefficient (Wildman–Crippen LogP) is 3.33. The topological polar surface area (TPSA) is 61.4 Å². The molecule has 0 unspecified atom stereocenters. The molecule has 1 aliphatic heterocycles. The summed E-state index contributed by atoms with van der Waals surface area (Å²) in [6.45, 7) is 0.701. The maximum Gasteiger partial charge on any atom is 0.241 e. The van der Waals surface area contributed by atoms with Crippen LogP contribution in [0.1, 0.15) is 42.4 Å². The molecule has 2 aromatic rings. The molecule has 1 aliphatic carbocycles. The van der Waals surface area contributed by atoms with Gasteiger partial charge in [0.25, 0.3) is 0 Å². The van der Waals surface area contributed by atoms with E-state index in [0.29, 0.717) is 19.4 Å². The van der Waals surface area contributed by atoms with Crippen LogP contribution < -0.4 is 10.6 Å². The standard InChI is InChI=1S/C25H31N3O2/c1-28-17-22(26-24(29)12-5-9-18-7-3-2-4-8-18)16-23(28)25(30)27-21-14-13-19-10-6-11-20(19)15-21/h2-4,7-8,13-15,22-23H,5-6,9-12,16-17H2,1H3,(H,26,29)(H,27,30)/t22-,23+/m1/s1. The molecule has 2 atom stereocenters. The normalized spacial score (nSPS) is 20.7. The summed E-state index contributed by atoms with van der Waals surface area (Å²) in [5.74, 6) is 0.0836. The van der Waals surface area contributed by atoms with Gasteiger partial charge in [0.1, 0.15) is 0 Å².